The average Bonchev–Trinajstić information content (AvgIpc) is 2.84. The molecule has 4 fully saturated rings. The van der Waals surface area contributed by atoms with Crippen LogP contribution in [0, 0.1) is 23.7 Å². The summed E-state index contributed by atoms with van der Waals surface area (Å²) in [6.45, 7) is 2.98. The summed E-state index contributed by atoms with van der Waals surface area (Å²) in [6, 6.07) is 1.51. The van der Waals surface area contributed by atoms with Gasteiger partial charge in [0.2, 0.25) is 0 Å². The SMILES string of the molecule is O=c1cc(CN2C[C@@H]3C4CCC(CC4)[C@@H]3C2)[nH]c(=O)[nH]1. The fourth-order valence-corrected chi connectivity index (χ4v) is 4.91. The molecule has 5 nitrogen and oxygen atoms in total. The van der Waals surface area contributed by atoms with Crippen molar-refractivity contribution < 1.29 is 0 Å². The summed E-state index contributed by atoms with van der Waals surface area (Å²) in [5.41, 5.74) is 0.0364. The predicted molar refractivity (Wildman–Crippen MR) is 75.4 cm³/mol. The van der Waals surface area contributed by atoms with Gasteiger partial charge >= 0.3 is 5.69 Å². The van der Waals surface area contributed by atoms with Crippen molar-refractivity contribution in [1.29, 1.82) is 0 Å². The van der Waals surface area contributed by atoms with Gasteiger partial charge in [-0.3, -0.25) is 14.7 Å². The standard InChI is InChI=1S/C15H21N3O2/c19-14-5-11(16-15(20)17-14)6-18-7-12-9-1-2-10(4-3-9)13(12)8-18/h5,9-10,12-13H,1-4,6-8H2,(H2,16,17,19,20)/t9?,10?,12-,13+. The van der Waals surface area contributed by atoms with Crippen molar-refractivity contribution in [3.63, 3.8) is 0 Å². The monoisotopic (exact) mass is 275 g/mol. The molecule has 2 heterocycles. The first-order valence-electron chi connectivity index (χ1n) is 7.74. The fourth-order valence-electron chi connectivity index (χ4n) is 4.91. The molecule has 0 unspecified atom stereocenters. The Bertz CT molecular complexity index is 564. The number of hydrogen-bond acceptors (Lipinski definition) is 3. The van der Waals surface area contributed by atoms with Gasteiger partial charge in [0.1, 0.15) is 0 Å². The van der Waals surface area contributed by atoms with Crippen molar-refractivity contribution >= 4 is 0 Å². The van der Waals surface area contributed by atoms with E-state index in [0.717, 1.165) is 42.5 Å². The number of aromatic nitrogens is 2. The molecule has 0 aromatic carbocycles. The number of hydrogen-bond donors (Lipinski definition) is 2. The van der Waals surface area contributed by atoms with Gasteiger partial charge < -0.3 is 4.98 Å². The molecule has 3 aliphatic carbocycles. The van der Waals surface area contributed by atoms with Crippen LogP contribution in [-0.2, 0) is 6.54 Å². The summed E-state index contributed by atoms with van der Waals surface area (Å²) in [5.74, 6) is 3.56. The van der Waals surface area contributed by atoms with Gasteiger partial charge in [0, 0.05) is 31.4 Å². The molecular weight excluding hydrogens is 254 g/mol. The maximum atomic E-state index is 11.4. The van der Waals surface area contributed by atoms with E-state index in [0.29, 0.717) is 6.54 Å². The van der Waals surface area contributed by atoms with Crippen molar-refractivity contribution in [2.24, 2.45) is 23.7 Å². The highest BCUT2D eigenvalue weighted by Gasteiger charge is 2.47. The minimum absolute atomic E-state index is 0.305. The first-order valence-corrected chi connectivity index (χ1v) is 7.74. The molecule has 2 N–H and O–H groups in total. The summed E-state index contributed by atoms with van der Waals surface area (Å²) in [5, 5.41) is 0. The molecule has 0 radical (unpaired) electrons. The van der Waals surface area contributed by atoms with Crippen LogP contribution in [0.1, 0.15) is 31.4 Å². The van der Waals surface area contributed by atoms with Gasteiger partial charge in [-0.2, -0.15) is 0 Å². The number of aromatic amines is 2. The zero-order valence-electron chi connectivity index (χ0n) is 11.6. The molecule has 2 bridgehead atoms. The molecule has 5 heteroatoms. The van der Waals surface area contributed by atoms with Gasteiger partial charge in [-0.15, -0.1) is 0 Å². The van der Waals surface area contributed by atoms with Gasteiger partial charge in [-0.1, -0.05) is 0 Å². The van der Waals surface area contributed by atoms with Crippen LogP contribution < -0.4 is 11.2 Å². The maximum absolute atomic E-state index is 11.4. The Morgan fingerprint density at radius 3 is 2.15 bits per heavy atom. The van der Waals surface area contributed by atoms with Crippen LogP contribution in [0.5, 0.6) is 0 Å². The van der Waals surface area contributed by atoms with Crippen LogP contribution in [0.3, 0.4) is 0 Å². The molecule has 0 spiro atoms. The van der Waals surface area contributed by atoms with Crippen molar-refractivity contribution in [1.82, 2.24) is 14.9 Å². The number of fused-ring (bicyclic) bond motifs is 2. The Kier molecular flexibility index (Phi) is 2.84. The molecule has 1 saturated heterocycles. The van der Waals surface area contributed by atoms with Gasteiger partial charge in [-0.05, 0) is 49.4 Å². The Hall–Kier alpha value is -1.36. The van der Waals surface area contributed by atoms with E-state index in [9.17, 15) is 9.59 Å². The van der Waals surface area contributed by atoms with E-state index >= 15 is 0 Å². The summed E-state index contributed by atoms with van der Waals surface area (Å²) < 4.78 is 0. The number of likely N-dealkylation sites (tertiary alicyclic amines) is 1. The molecule has 2 atom stereocenters. The van der Waals surface area contributed by atoms with Crippen molar-refractivity contribution in [2.75, 3.05) is 13.1 Å². The van der Waals surface area contributed by atoms with Crippen molar-refractivity contribution in [2.45, 2.75) is 32.2 Å². The quantitative estimate of drug-likeness (QED) is 0.843. The Morgan fingerprint density at radius 2 is 1.60 bits per heavy atom. The normalized spacial score (nSPS) is 36.2. The Labute approximate surface area is 117 Å². The lowest BCUT2D eigenvalue weighted by molar-refractivity contribution is 0.0577. The third-order valence-corrected chi connectivity index (χ3v) is 5.73. The van der Waals surface area contributed by atoms with Gasteiger partial charge in [0.15, 0.2) is 0 Å². The van der Waals surface area contributed by atoms with E-state index in [1.165, 1.54) is 31.7 Å². The van der Waals surface area contributed by atoms with Crippen LogP contribution in [-0.4, -0.2) is 28.0 Å². The van der Waals surface area contributed by atoms with E-state index in [1.807, 2.05) is 0 Å². The van der Waals surface area contributed by atoms with E-state index in [4.69, 9.17) is 0 Å². The highest BCUT2D eigenvalue weighted by molar-refractivity contribution is 5.03. The van der Waals surface area contributed by atoms with E-state index < -0.39 is 5.69 Å². The van der Waals surface area contributed by atoms with Crippen LogP contribution >= 0.6 is 0 Å². The van der Waals surface area contributed by atoms with Crippen LogP contribution in [0.25, 0.3) is 0 Å². The van der Waals surface area contributed by atoms with Crippen LogP contribution in [0.2, 0.25) is 0 Å². The first kappa shape index (κ1) is 12.4. The summed E-state index contributed by atoms with van der Waals surface area (Å²) in [7, 11) is 0. The van der Waals surface area contributed by atoms with Crippen LogP contribution in [0.15, 0.2) is 15.7 Å². The van der Waals surface area contributed by atoms with Crippen molar-refractivity contribution in [3.05, 3.63) is 32.6 Å². The van der Waals surface area contributed by atoms with Crippen molar-refractivity contribution in [3.8, 4) is 0 Å². The minimum Gasteiger partial charge on any atom is -0.310 e. The smallest absolute Gasteiger partial charge is 0.310 e. The molecule has 108 valence electrons. The Balaban J connectivity index is 1.51. The molecule has 5 rings (SSSR count). The highest BCUT2D eigenvalue weighted by atomic mass is 16.2. The Morgan fingerprint density at radius 1 is 1.00 bits per heavy atom. The maximum Gasteiger partial charge on any atom is 0.325 e. The number of H-pyrrole nitrogens is 2. The fraction of sp³-hybridized carbons (Fsp3) is 0.733. The third kappa shape index (κ3) is 2.04. The second kappa shape index (κ2) is 4.58. The summed E-state index contributed by atoms with van der Waals surface area (Å²) in [4.78, 5) is 30.1. The molecule has 1 aromatic rings. The zero-order chi connectivity index (χ0) is 13.7. The van der Waals surface area contributed by atoms with Crippen LogP contribution in [0.4, 0.5) is 0 Å². The van der Waals surface area contributed by atoms with E-state index in [1.54, 1.807) is 0 Å². The average molecular weight is 275 g/mol. The molecule has 20 heavy (non-hydrogen) atoms. The molecule has 0 amide bonds. The van der Waals surface area contributed by atoms with Gasteiger partial charge in [0.05, 0.1) is 0 Å². The lowest BCUT2D eigenvalue weighted by Crippen LogP contribution is -2.38. The number of rotatable bonds is 2. The second-order valence-electron chi connectivity index (χ2n) is 6.81. The largest absolute Gasteiger partial charge is 0.325 e. The topological polar surface area (TPSA) is 69.0 Å². The highest BCUT2D eigenvalue weighted by Crippen LogP contribution is 2.51. The first-order chi connectivity index (χ1) is 9.69. The number of nitrogens with one attached hydrogen (secondary N) is 2. The molecule has 4 aliphatic rings. The molecule has 1 aromatic heterocycles. The molecule has 1 aliphatic heterocycles. The molecule has 3 saturated carbocycles. The number of nitrogens with zero attached hydrogens (tertiary/aromatic N) is 1. The minimum atomic E-state index is -0.399. The predicted octanol–water partition coefficient (Wildman–Crippen LogP) is 0.931. The molecular formula is C15H21N3O2. The lowest BCUT2D eigenvalue weighted by Gasteiger charge is -2.45. The van der Waals surface area contributed by atoms with E-state index in [-0.39, 0.29) is 5.56 Å². The zero-order valence-corrected chi connectivity index (χ0v) is 11.6. The lowest BCUT2D eigenvalue weighted by atomic mass is 9.60. The third-order valence-electron chi connectivity index (χ3n) is 5.73. The summed E-state index contributed by atoms with van der Waals surface area (Å²) >= 11 is 0. The van der Waals surface area contributed by atoms with E-state index in [2.05, 4.69) is 14.9 Å². The summed E-state index contributed by atoms with van der Waals surface area (Å²) in [6.07, 6.45) is 5.67. The van der Waals surface area contributed by atoms with Gasteiger partial charge in [0.25, 0.3) is 5.56 Å². The van der Waals surface area contributed by atoms with Gasteiger partial charge in [-0.25, -0.2) is 4.79 Å². The second-order valence-corrected chi connectivity index (χ2v) is 6.81.